The highest BCUT2D eigenvalue weighted by molar-refractivity contribution is 5.74. The van der Waals surface area contributed by atoms with Crippen LogP contribution in [0.2, 0.25) is 0 Å². The summed E-state index contributed by atoms with van der Waals surface area (Å²) in [7, 11) is 0. The van der Waals surface area contributed by atoms with Crippen LogP contribution in [-0.4, -0.2) is 30.6 Å². The van der Waals surface area contributed by atoms with Gasteiger partial charge in [-0.15, -0.1) is 10.2 Å². The molecule has 0 amide bonds. The minimum Gasteiger partial charge on any atom is -0.345 e. The van der Waals surface area contributed by atoms with Gasteiger partial charge < -0.3 is 10.7 Å². The molecule has 1 fully saturated rings. The summed E-state index contributed by atoms with van der Waals surface area (Å²) in [6.45, 7) is 0. The van der Waals surface area contributed by atoms with Crippen LogP contribution in [0.5, 0.6) is 0 Å². The molecule has 1 aliphatic carbocycles. The molecule has 3 aromatic rings. The highest BCUT2D eigenvalue weighted by atomic mass is 15.3. The number of aromatic nitrogens is 5. The van der Waals surface area contributed by atoms with E-state index in [0.29, 0.717) is 5.92 Å². The molecular formula is C13H16N6. The van der Waals surface area contributed by atoms with Crippen molar-refractivity contribution in [3.63, 3.8) is 0 Å². The quantitative estimate of drug-likeness (QED) is 0.692. The van der Waals surface area contributed by atoms with Crippen molar-refractivity contribution >= 4 is 16.8 Å². The van der Waals surface area contributed by atoms with Gasteiger partial charge in [-0.2, -0.15) is 0 Å². The van der Waals surface area contributed by atoms with E-state index in [1.165, 1.54) is 6.42 Å². The van der Waals surface area contributed by atoms with E-state index in [2.05, 4.69) is 24.6 Å². The summed E-state index contributed by atoms with van der Waals surface area (Å²) < 4.78 is 2.11. The van der Waals surface area contributed by atoms with Crippen LogP contribution in [-0.2, 0) is 0 Å². The monoisotopic (exact) mass is 256 g/mol. The fourth-order valence-electron chi connectivity index (χ4n) is 3.12. The molecule has 3 heterocycles. The zero-order valence-electron chi connectivity index (χ0n) is 10.6. The number of aromatic amines is 1. The maximum Gasteiger partial charge on any atom is 0.179 e. The molecule has 0 saturated heterocycles. The molecular weight excluding hydrogens is 240 g/mol. The van der Waals surface area contributed by atoms with E-state index in [0.717, 1.165) is 41.9 Å². The lowest BCUT2D eigenvalue weighted by atomic mass is 9.85. The van der Waals surface area contributed by atoms with Gasteiger partial charge in [-0.1, -0.05) is 6.42 Å². The van der Waals surface area contributed by atoms with Crippen LogP contribution in [0.15, 0.2) is 18.5 Å². The summed E-state index contributed by atoms with van der Waals surface area (Å²) >= 11 is 0. The first kappa shape index (κ1) is 10.9. The number of hydrogen-bond acceptors (Lipinski definition) is 4. The van der Waals surface area contributed by atoms with Crippen LogP contribution in [0.25, 0.3) is 16.8 Å². The lowest BCUT2D eigenvalue weighted by Crippen LogP contribution is -2.27. The van der Waals surface area contributed by atoms with Gasteiger partial charge in [-0.05, 0) is 25.3 Å². The Morgan fingerprint density at radius 2 is 2.26 bits per heavy atom. The molecule has 0 aromatic carbocycles. The van der Waals surface area contributed by atoms with Gasteiger partial charge in [0, 0.05) is 18.2 Å². The van der Waals surface area contributed by atoms with E-state index in [1.54, 1.807) is 6.20 Å². The molecule has 0 spiro atoms. The third-order valence-electron chi connectivity index (χ3n) is 4.05. The summed E-state index contributed by atoms with van der Waals surface area (Å²) in [6.07, 6.45) is 8.08. The van der Waals surface area contributed by atoms with Gasteiger partial charge in [0.2, 0.25) is 0 Å². The molecule has 6 heteroatoms. The maximum absolute atomic E-state index is 6.09. The van der Waals surface area contributed by atoms with Crippen molar-refractivity contribution in [1.82, 2.24) is 24.6 Å². The van der Waals surface area contributed by atoms with Crippen LogP contribution in [0.4, 0.5) is 0 Å². The summed E-state index contributed by atoms with van der Waals surface area (Å²) in [6, 6.07) is 2.31. The van der Waals surface area contributed by atoms with Crippen LogP contribution in [0.1, 0.15) is 37.4 Å². The van der Waals surface area contributed by atoms with Crippen molar-refractivity contribution in [1.29, 1.82) is 0 Å². The standard InChI is InChI=1S/C13H16N6/c14-9-3-1-2-8(6-9)13-18-17-11-7-16-12-10(19(11)13)4-5-15-12/h4-5,7-9,15H,1-3,6,14H2/t8-,9+/m0/s1. The lowest BCUT2D eigenvalue weighted by Gasteiger charge is -2.25. The Kier molecular flexibility index (Phi) is 2.32. The highest BCUT2D eigenvalue weighted by Gasteiger charge is 2.25. The normalized spacial score (nSPS) is 24.3. The SMILES string of the molecule is N[C@@H]1CCC[C@H](c2nnc3cnc4[nH]ccc4n23)C1. The minimum absolute atomic E-state index is 0.287. The van der Waals surface area contributed by atoms with E-state index >= 15 is 0 Å². The van der Waals surface area contributed by atoms with Crippen molar-refractivity contribution in [3.8, 4) is 0 Å². The van der Waals surface area contributed by atoms with E-state index in [1.807, 2.05) is 12.3 Å². The molecule has 0 bridgehead atoms. The molecule has 0 unspecified atom stereocenters. The van der Waals surface area contributed by atoms with Crippen molar-refractivity contribution in [3.05, 3.63) is 24.3 Å². The number of fused-ring (bicyclic) bond motifs is 3. The third-order valence-corrected chi connectivity index (χ3v) is 4.05. The molecule has 0 aliphatic heterocycles. The smallest absolute Gasteiger partial charge is 0.179 e. The largest absolute Gasteiger partial charge is 0.345 e. The first-order valence-electron chi connectivity index (χ1n) is 6.75. The first-order valence-corrected chi connectivity index (χ1v) is 6.75. The number of nitrogens with zero attached hydrogens (tertiary/aromatic N) is 4. The Hall–Kier alpha value is -1.95. The average Bonchev–Trinajstić information content (AvgIpc) is 3.04. The van der Waals surface area contributed by atoms with Gasteiger partial charge in [-0.3, -0.25) is 4.40 Å². The number of hydrogen-bond donors (Lipinski definition) is 2. The molecule has 1 aliphatic rings. The van der Waals surface area contributed by atoms with Gasteiger partial charge in [-0.25, -0.2) is 4.98 Å². The maximum atomic E-state index is 6.09. The summed E-state index contributed by atoms with van der Waals surface area (Å²) in [5.74, 6) is 1.43. The number of rotatable bonds is 1. The van der Waals surface area contributed by atoms with Crippen LogP contribution in [0.3, 0.4) is 0 Å². The molecule has 1 saturated carbocycles. The molecule has 19 heavy (non-hydrogen) atoms. The van der Waals surface area contributed by atoms with Gasteiger partial charge in [0.1, 0.15) is 5.82 Å². The van der Waals surface area contributed by atoms with Gasteiger partial charge in [0.15, 0.2) is 11.3 Å². The Morgan fingerprint density at radius 3 is 3.16 bits per heavy atom. The van der Waals surface area contributed by atoms with Crippen molar-refractivity contribution in [2.45, 2.75) is 37.6 Å². The summed E-state index contributed by atoms with van der Waals surface area (Å²) in [5.41, 5.74) is 8.81. The minimum atomic E-state index is 0.287. The second kappa shape index (κ2) is 4.03. The van der Waals surface area contributed by atoms with Gasteiger partial charge >= 0.3 is 0 Å². The van der Waals surface area contributed by atoms with E-state index < -0.39 is 0 Å². The van der Waals surface area contributed by atoms with E-state index in [9.17, 15) is 0 Å². The average molecular weight is 256 g/mol. The van der Waals surface area contributed by atoms with E-state index in [-0.39, 0.29) is 6.04 Å². The zero-order chi connectivity index (χ0) is 12.8. The van der Waals surface area contributed by atoms with Gasteiger partial charge in [0.25, 0.3) is 0 Å². The molecule has 3 aromatic heterocycles. The highest BCUT2D eigenvalue weighted by Crippen LogP contribution is 2.32. The first-order chi connectivity index (χ1) is 9.33. The van der Waals surface area contributed by atoms with Crippen molar-refractivity contribution < 1.29 is 0 Å². The Balaban J connectivity index is 1.91. The predicted molar refractivity (Wildman–Crippen MR) is 71.8 cm³/mol. The third kappa shape index (κ3) is 1.63. The predicted octanol–water partition coefficient (Wildman–Crippen LogP) is 1.59. The van der Waals surface area contributed by atoms with Crippen LogP contribution < -0.4 is 5.73 Å². The van der Waals surface area contributed by atoms with Gasteiger partial charge in [0.05, 0.1) is 11.7 Å². The van der Waals surface area contributed by atoms with Crippen LogP contribution >= 0.6 is 0 Å². The molecule has 6 nitrogen and oxygen atoms in total. The molecule has 98 valence electrons. The molecule has 3 N–H and O–H groups in total. The van der Waals surface area contributed by atoms with Crippen molar-refractivity contribution in [2.24, 2.45) is 5.73 Å². The van der Waals surface area contributed by atoms with E-state index in [4.69, 9.17) is 5.73 Å². The fourth-order valence-corrected chi connectivity index (χ4v) is 3.12. The number of H-pyrrole nitrogens is 1. The van der Waals surface area contributed by atoms with Crippen LogP contribution in [0, 0.1) is 0 Å². The fraction of sp³-hybridized carbons (Fsp3) is 0.462. The zero-order valence-corrected chi connectivity index (χ0v) is 10.6. The summed E-state index contributed by atoms with van der Waals surface area (Å²) in [5, 5.41) is 8.63. The number of nitrogens with two attached hydrogens (primary N) is 1. The summed E-state index contributed by atoms with van der Waals surface area (Å²) in [4.78, 5) is 7.47. The topological polar surface area (TPSA) is 84.9 Å². The molecule has 2 atom stereocenters. The second-order valence-electron chi connectivity index (χ2n) is 5.35. The number of nitrogens with one attached hydrogen (secondary N) is 1. The molecule has 0 radical (unpaired) electrons. The Labute approximate surface area is 110 Å². The second-order valence-corrected chi connectivity index (χ2v) is 5.35. The van der Waals surface area contributed by atoms with Crippen molar-refractivity contribution in [2.75, 3.05) is 0 Å². The Morgan fingerprint density at radius 1 is 1.32 bits per heavy atom. The lowest BCUT2D eigenvalue weighted by molar-refractivity contribution is 0.381. The Bertz CT molecular complexity index is 727. The molecule has 4 rings (SSSR count).